The summed E-state index contributed by atoms with van der Waals surface area (Å²) in [6.07, 6.45) is 10.4. The molecule has 3 fully saturated rings. The summed E-state index contributed by atoms with van der Waals surface area (Å²) in [7, 11) is 0. The summed E-state index contributed by atoms with van der Waals surface area (Å²) in [4.78, 5) is 16.8. The van der Waals surface area contributed by atoms with Crippen LogP contribution in [0.5, 0.6) is 5.75 Å². The first-order valence-electron chi connectivity index (χ1n) is 16.4. The van der Waals surface area contributed by atoms with Crippen molar-refractivity contribution in [2.24, 2.45) is 5.92 Å². The zero-order chi connectivity index (χ0) is 31.7. The smallest absolute Gasteiger partial charge is 0.410 e. The van der Waals surface area contributed by atoms with Crippen molar-refractivity contribution < 1.29 is 19.4 Å². The Kier molecular flexibility index (Phi) is 9.01. The second kappa shape index (κ2) is 13.0. The number of hydrogen-bond donors (Lipinski definition) is 2. The molecule has 1 aliphatic carbocycles. The number of nitrogen functional groups attached to an aromatic ring is 1. The van der Waals surface area contributed by atoms with Crippen LogP contribution in [0.25, 0.3) is 22.4 Å². The molecule has 3 aromatic rings. The topological polar surface area (TPSA) is 132 Å². The average Bonchev–Trinajstić information content (AvgIpc) is 3.49. The lowest BCUT2D eigenvalue weighted by Crippen LogP contribution is -2.52. The van der Waals surface area contributed by atoms with E-state index in [4.69, 9.17) is 20.3 Å². The van der Waals surface area contributed by atoms with E-state index >= 15 is 0 Å². The zero-order valence-electron chi connectivity index (χ0n) is 26.9. The summed E-state index contributed by atoms with van der Waals surface area (Å²) in [6, 6.07) is 9.81. The highest BCUT2D eigenvalue weighted by Crippen LogP contribution is 2.37. The average molecular weight is 618 g/mol. The first-order chi connectivity index (χ1) is 21.5. The minimum Gasteiger partial charge on any atom is -0.507 e. The van der Waals surface area contributed by atoms with Crippen LogP contribution < -0.4 is 5.73 Å². The van der Waals surface area contributed by atoms with Gasteiger partial charge in [-0.2, -0.15) is 5.10 Å². The number of likely N-dealkylation sites (tertiary alicyclic amines) is 2. The predicted octanol–water partition coefficient (Wildman–Crippen LogP) is 5.52. The number of phenols is 1. The number of hydrogen-bond acceptors (Lipinski definition) is 9. The van der Waals surface area contributed by atoms with E-state index < -0.39 is 5.60 Å². The van der Waals surface area contributed by atoms with E-state index in [1.165, 1.54) is 0 Å². The molecule has 242 valence electrons. The number of phenolic OH excluding ortho intramolecular Hbond substituents is 1. The minimum atomic E-state index is -0.464. The van der Waals surface area contributed by atoms with Crippen LogP contribution in [0.1, 0.15) is 72.3 Å². The number of carbonyl (C=O) groups excluding carboxylic acids is 1. The van der Waals surface area contributed by atoms with Gasteiger partial charge in [-0.15, -0.1) is 10.2 Å². The third-order valence-electron chi connectivity index (χ3n) is 9.65. The van der Waals surface area contributed by atoms with Crippen LogP contribution in [0.2, 0.25) is 0 Å². The molecule has 0 unspecified atom stereocenters. The van der Waals surface area contributed by atoms with E-state index in [9.17, 15) is 9.90 Å². The number of nitrogens with two attached hydrogens (primary N) is 1. The lowest BCUT2D eigenvalue weighted by atomic mass is 9.83. The number of para-hydroxylation sites is 1. The van der Waals surface area contributed by atoms with E-state index in [0.717, 1.165) is 62.7 Å². The molecule has 3 N–H and O–H groups in total. The maximum absolute atomic E-state index is 12.3. The summed E-state index contributed by atoms with van der Waals surface area (Å²) in [5.41, 5.74) is 8.58. The van der Waals surface area contributed by atoms with Gasteiger partial charge in [-0.1, -0.05) is 12.1 Å². The van der Waals surface area contributed by atoms with E-state index in [0.29, 0.717) is 48.2 Å². The number of aromatic hydroxyl groups is 1. The van der Waals surface area contributed by atoms with Crippen LogP contribution >= 0.6 is 0 Å². The SMILES string of the molecule is C[C@H](C1CCN(C2CC(OC3CCN(C(=O)OC(C)(C)C)CC3)C2)CC1)n1cc(-c2cc(-c3ccccc3O)nnc2N)cn1. The van der Waals surface area contributed by atoms with Crippen LogP contribution in [0, 0.1) is 5.92 Å². The molecule has 0 spiro atoms. The van der Waals surface area contributed by atoms with Gasteiger partial charge in [-0.05, 0) is 103 Å². The molecule has 1 aromatic carbocycles. The normalized spacial score (nSPS) is 22.6. The number of anilines is 1. The number of nitrogens with zero attached hydrogens (tertiary/aromatic N) is 6. The largest absolute Gasteiger partial charge is 0.507 e. The van der Waals surface area contributed by atoms with Crippen molar-refractivity contribution in [3.05, 3.63) is 42.7 Å². The van der Waals surface area contributed by atoms with E-state index in [1.807, 2.05) is 56.3 Å². The van der Waals surface area contributed by atoms with Crippen molar-refractivity contribution in [3.8, 4) is 28.1 Å². The lowest BCUT2D eigenvalue weighted by molar-refractivity contribution is -0.107. The molecule has 45 heavy (non-hydrogen) atoms. The van der Waals surface area contributed by atoms with Crippen molar-refractivity contribution in [2.75, 3.05) is 31.9 Å². The number of benzene rings is 1. The van der Waals surface area contributed by atoms with Crippen molar-refractivity contribution >= 4 is 11.9 Å². The van der Waals surface area contributed by atoms with Gasteiger partial charge in [0.2, 0.25) is 0 Å². The van der Waals surface area contributed by atoms with Crippen LogP contribution in [0.3, 0.4) is 0 Å². The highest BCUT2D eigenvalue weighted by molar-refractivity contribution is 5.78. The van der Waals surface area contributed by atoms with Gasteiger partial charge >= 0.3 is 6.09 Å². The molecule has 2 aliphatic heterocycles. The third-order valence-corrected chi connectivity index (χ3v) is 9.65. The molecule has 3 aliphatic rings. The van der Waals surface area contributed by atoms with E-state index in [1.54, 1.807) is 12.1 Å². The third kappa shape index (κ3) is 7.25. The number of carbonyl (C=O) groups is 1. The molecule has 2 aromatic heterocycles. The summed E-state index contributed by atoms with van der Waals surface area (Å²) in [5, 5.41) is 23.4. The van der Waals surface area contributed by atoms with Gasteiger partial charge in [0.1, 0.15) is 11.4 Å². The van der Waals surface area contributed by atoms with Crippen molar-refractivity contribution in [3.63, 3.8) is 0 Å². The fourth-order valence-corrected chi connectivity index (χ4v) is 6.86. The first-order valence-corrected chi connectivity index (χ1v) is 16.4. The fraction of sp³-hybridized carbons (Fsp3) is 0.588. The first kappa shape index (κ1) is 31.3. The molecule has 2 saturated heterocycles. The summed E-state index contributed by atoms with van der Waals surface area (Å²) in [5.74, 6) is 1.03. The van der Waals surface area contributed by atoms with Crippen LogP contribution in [0.4, 0.5) is 10.6 Å². The molecule has 11 heteroatoms. The molecule has 6 rings (SSSR count). The summed E-state index contributed by atoms with van der Waals surface area (Å²) >= 11 is 0. The second-order valence-electron chi connectivity index (χ2n) is 13.9. The van der Waals surface area contributed by atoms with Gasteiger partial charge in [0.15, 0.2) is 5.82 Å². The van der Waals surface area contributed by atoms with Crippen LogP contribution in [-0.2, 0) is 9.47 Å². The Morgan fingerprint density at radius 3 is 2.40 bits per heavy atom. The Balaban J connectivity index is 0.955. The molecule has 0 radical (unpaired) electrons. The highest BCUT2D eigenvalue weighted by Gasteiger charge is 2.39. The Morgan fingerprint density at radius 2 is 1.71 bits per heavy atom. The number of ether oxygens (including phenoxy) is 2. The number of aromatic nitrogens is 4. The van der Waals surface area contributed by atoms with Gasteiger partial charge in [-0.25, -0.2) is 4.79 Å². The Bertz CT molecular complexity index is 1470. The zero-order valence-corrected chi connectivity index (χ0v) is 26.9. The predicted molar refractivity (Wildman–Crippen MR) is 172 cm³/mol. The van der Waals surface area contributed by atoms with Gasteiger partial charge in [0.25, 0.3) is 0 Å². The standard InChI is InChI=1S/C34H47N7O4/c1-22(41-21-24(20-36-41)29-19-30(37-38-32(29)35)28-7-5-6-8-31(28)42)23-9-13-39(14-10-23)25-17-27(18-25)44-26-11-15-40(16-12-26)33(43)45-34(2,3)4/h5-8,19-23,25-27,42H,9-18H2,1-4H3,(H2,35,38)/t22-,25?,27?/m1/s1. The molecule has 1 amide bonds. The van der Waals surface area contributed by atoms with Crippen LogP contribution in [0.15, 0.2) is 42.7 Å². The molecule has 11 nitrogen and oxygen atoms in total. The van der Waals surface area contributed by atoms with Gasteiger partial charge < -0.3 is 30.1 Å². The Morgan fingerprint density at radius 1 is 1.00 bits per heavy atom. The summed E-state index contributed by atoms with van der Waals surface area (Å²) in [6.45, 7) is 11.6. The van der Waals surface area contributed by atoms with Gasteiger partial charge in [0, 0.05) is 42.0 Å². The van der Waals surface area contributed by atoms with Gasteiger partial charge in [-0.3, -0.25) is 4.68 Å². The monoisotopic (exact) mass is 617 g/mol. The van der Waals surface area contributed by atoms with E-state index in [-0.39, 0.29) is 24.0 Å². The number of piperidine rings is 2. The molecule has 0 bridgehead atoms. The van der Waals surface area contributed by atoms with E-state index in [2.05, 4.69) is 26.7 Å². The van der Waals surface area contributed by atoms with Crippen LogP contribution in [-0.4, -0.2) is 91.0 Å². The number of amides is 1. The minimum absolute atomic E-state index is 0.153. The molecular weight excluding hydrogens is 570 g/mol. The summed E-state index contributed by atoms with van der Waals surface area (Å²) < 4.78 is 14.0. The van der Waals surface area contributed by atoms with Crippen molar-refractivity contribution in [1.29, 1.82) is 0 Å². The second-order valence-corrected chi connectivity index (χ2v) is 13.9. The molecule has 1 atom stereocenters. The van der Waals surface area contributed by atoms with Crippen molar-refractivity contribution in [2.45, 2.75) is 96.1 Å². The quantitative estimate of drug-likeness (QED) is 0.352. The number of rotatable bonds is 7. The Labute approximate surface area is 265 Å². The maximum atomic E-state index is 12.3. The van der Waals surface area contributed by atoms with Gasteiger partial charge in [0.05, 0.1) is 30.1 Å². The lowest BCUT2D eigenvalue weighted by Gasteiger charge is -2.47. The molecule has 1 saturated carbocycles. The van der Waals surface area contributed by atoms with Crippen molar-refractivity contribution in [1.82, 2.24) is 29.8 Å². The molecular formula is C34H47N7O4. The molecule has 4 heterocycles. The highest BCUT2D eigenvalue weighted by atomic mass is 16.6. The fourth-order valence-electron chi connectivity index (χ4n) is 6.86. The maximum Gasteiger partial charge on any atom is 0.410 e. The Hall–Kier alpha value is -3.70.